The Labute approximate surface area is 121 Å². The molecule has 1 atom stereocenters. The largest absolute Gasteiger partial charge is 0.367 e. The Balaban J connectivity index is 2.05. The summed E-state index contributed by atoms with van der Waals surface area (Å²) in [5.41, 5.74) is 1.45. The lowest BCUT2D eigenvalue weighted by atomic mass is 10.1. The number of hydrogen-bond acceptors (Lipinski definition) is 3. The van der Waals surface area contributed by atoms with Crippen LogP contribution in [0.4, 0.5) is 4.39 Å². The zero-order valence-corrected chi connectivity index (χ0v) is 11.3. The molecule has 0 aromatic heterocycles. The second-order valence-corrected chi connectivity index (χ2v) is 4.61. The maximum atomic E-state index is 12.8. The maximum absolute atomic E-state index is 12.8. The Morgan fingerprint density at radius 1 is 1.00 bits per heavy atom. The number of nitrogens with one attached hydrogen (secondary N) is 1. The van der Waals surface area contributed by atoms with Gasteiger partial charge in [0.05, 0.1) is 0 Å². The number of rotatable bonds is 4. The lowest BCUT2D eigenvalue weighted by Gasteiger charge is -2.12. The van der Waals surface area contributed by atoms with Gasteiger partial charge in [-0.1, -0.05) is 17.7 Å². The van der Waals surface area contributed by atoms with Crippen molar-refractivity contribution in [3.63, 3.8) is 0 Å². The van der Waals surface area contributed by atoms with Crippen LogP contribution in [0, 0.1) is 12.7 Å². The third-order valence-electron chi connectivity index (χ3n) is 2.96. The molecule has 0 unspecified atom stereocenters. The Morgan fingerprint density at radius 3 is 2.10 bits per heavy atom. The molecule has 2 aromatic carbocycles. The summed E-state index contributed by atoms with van der Waals surface area (Å²) in [5.74, 6) is -1.74. The minimum absolute atomic E-state index is 0.119. The molecule has 0 aliphatic heterocycles. The van der Waals surface area contributed by atoms with Gasteiger partial charge in [0.1, 0.15) is 5.82 Å². The molecule has 4 nitrogen and oxygen atoms in total. The lowest BCUT2D eigenvalue weighted by molar-refractivity contribution is 0.0607. The van der Waals surface area contributed by atoms with Crippen LogP contribution in [0.15, 0.2) is 48.5 Å². The van der Waals surface area contributed by atoms with E-state index in [1.54, 1.807) is 24.3 Å². The van der Waals surface area contributed by atoms with E-state index in [-0.39, 0.29) is 5.56 Å². The number of halogens is 1. The summed E-state index contributed by atoms with van der Waals surface area (Å²) in [5, 5.41) is 12.0. The zero-order valence-electron chi connectivity index (χ0n) is 11.3. The van der Waals surface area contributed by atoms with Gasteiger partial charge in [0.15, 0.2) is 6.23 Å². The third kappa shape index (κ3) is 3.73. The van der Waals surface area contributed by atoms with Gasteiger partial charge in [0.2, 0.25) is 5.78 Å². The van der Waals surface area contributed by atoms with Gasteiger partial charge in [-0.3, -0.25) is 9.59 Å². The maximum Gasteiger partial charge on any atom is 0.253 e. The highest BCUT2D eigenvalue weighted by Crippen LogP contribution is 2.07. The number of amides is 1. The van der Waals surface area contributed by atoms with Crippen LogP contribution in [0.2, 0.25) is 0 Å². The molecule has 0 saturated carbocycles. The standard InChI is InChI=1S/C16H14FNO3/c1-10-2-4-12(5-3-10)15(20)18-16(21)14(19)11-6-8-13(17)9-7-11/h2-9,16,21H,1H3,(H,18,20)/t16-/m1/s1. The molecule has 0 aliphatic rings. The first-order chi connectivity index (χ1) is 9.97. The fourth-order valence-electron chi connectivity index (χ4n) is 1.75. The van der Waals surface area contributed by atoms with Crippen LogP contribution >= 0.6 is 0 Å². The fourth-order valence-corrected chi connectivity index (χ4v) is 1.75. The molecular weight excluding hydrogens is 273 g/mol. The van der Waals surface area contributed by atoms with Crippen molar-refractivity contribution in [1.82, 2.24) is 5.32 Å². The molecule has 0 spiro atoms. The minimum atomic E-state index is -1.68. The summed E-state index contributed by atoms with van der Waals surface area (Å²) in [4.78, 5) is 23.8. The van der Waals surface area contributed by atoms with Gasteiger partial charge in [0, 0.05) is 11.1 Å². The smallest absolute Gasteiger partial charge is 0.253 e. The highest BCUT2D eigenvalue weighted by atomic mass is 19.1. The number of Topliss-reactive ketones (excluding diaryl/α,β-unsaturated/α-hetero) is 1. The molecule has 0 heterocycles. The first-order valence-electron chi connectivity index (χ1n) is 6.33. The molecule has 0 saturated heterocycles. The number of aliphatic hydroxyl groups is 1. The zero-order chi connectivity index (χ0) is 15.4. The van der Waals surface area contributed by atoms with Crippen molar-refractivity contribution in [1.29, 1.82) is 0 Å². The van der Waals surface area contributed by atoms with Gasteiger partial charge in [0.25, 0.3) is 5.91 Å². The van der Waals surface area contributed by atoms with Gasteiger partial charge in [-0.05, 0) is 43.3 Å². The van der Waals surface area contributed by atoms with E-state index >= 15 is 0 Å². The highest BCUT2D eigenvalue weighted by molar-refractivity contribution is 6.03. The molecule has 2 rings (SSSR count). The van der Waals surface area contributed by atoms with Crippen LogP contribution in [0.1, 0.15) is 26.3 Å². The van der Waals surface area contributed by atoms with Gasteiger partial charge in [-0.25, -0.2) is 4.39 Å². The van der Waals surface area contributed by atoms with E-state index in [0.29, 0.717) is 5.56 Å². The second-order valence-electron chi connectivity index (χ2n) is 4.61. The molecule has 21 heavy (non-hydrogen) atoms. The van der Waals surface area contributed by atoms with Crippen molar-refractivity contribution >= 4 is 11.7 Å². The van der Waals surface area contributed by atoms with Crippen LogP contribution in [0.25, 0.3) is 0 Å². The summed E-state index contributed by atoms with van der Waals surface area (Å²) in [6, 6.07) is 11.4. The predicted molar refractivity (Wildman–Crippen MR) is 75.4 cm³/mol. The van der Waals surface area contributed by atoms with Crippen molar-refractivity contribution in [3.05, 3.63) is 71.0 Å². The molecule has 108 valence electrons. The van der Waals surface area contributed by atoms with E-state index in [0.717, 1.165) is 17.7 Å². The molecule has 0 aliphatic carbocycles. The Kier molecular flexibility index (Phi) is 4.45. The Hall–Kier alpha value is -2.53. The molecular formula is C16H14FNO3. The van der Waals surface area contributed by atoms with E-state index in [9.17, 15) is 19.1 Å². The summed E-state index contributed by atoms with van der Waals surface area (Å²) in [6.45, 7) is 1.88. The number of aliphatic hydroxyl groups excluding tert-OH is 1. The van der Waals surface area contributed by atoms with Gasteiger partial charge in [-0.2, -0.15) is 0 Å². The Bertz CT molecular complexity index is 650. The van der Waals surface area contributed by atoms with Crippen molar-refractivity contribution in [2.45, 2.75) is 13.2 Å². The monoisotopic (exact) mass is 287 g/mol. The first kappa shape index (κ1) is 14.9. The average molecular weight is 287 g/mol. The molecule has 0 bridgehead atoms. The highest BCUT2D eigenvalue weighted by Gasteiger charge is 2.20. The first-order valence-corrected chi connectivity index (χ1v) is 6.33. The normalized spacial score (nSPS) is 11.8. The van der Waals surface area contributed by atoms with Crippen molar-refractivity contribution in [2.24, 2.45) is 0 Å². The number of carbonyl (C=O) groups is 2. The molecule has 2 aromatic rings. The number of benzene rings is 2. The number of ketones is 1. The van der Waals surface area contributed by atoms with E-state index in [4.69, 9.17) is 0 Å². The van der Waals surface area contributed by atoms with Crippen molar-refractivity contribution in [2.75, 3.05) is 0 Å². The van der Waals surface area contributed by atoms with Crippen LogP contribution in [-0.2, 0) is 0 Å². The van der Waals surface area contributed by atoms with Gasteiger partial charge in [-0.15, -0.1) is 0 Å². The van der Waals surface area contributed by atoms with Crippen LogP contribution < -0.4 is 5.32 Å². The number of hydrogen-bond donors (Lipinski definition) is 2. The Morgan fingerprint density at radius 2 is 1.52 bits per heavy atom. The van der Waals surface area contributed by atoms with Crippen molar-refractivity contribution < 1.29 is 19.1 Å². The molecule has 1 amide bonds. The summed E-state index contributed by atoms with van der Waals surface area (Å²) >= 11 is 0. The number of carbonyl (C=O) groups excluding carboxylic acids is 2. The molecule has 5 heteroatoms. The average Bonchev–Trinajstić information content (AvgIpc) is 2.47. The SMILES string of the molecule is Cc1ccc(C(=O)N[C@H](O)C(=O)c2ccc(F)cc2)cc1. The fraction of sp³-hybridized carbons (Fsp3) is 0.125. The van der Waals surface area contributed by atoms with E-state index < -0.39 is 23.7 Å². The molecule has 2 N–H and O–H groups in total. The summed E-state index contributed by atoms with van der Waals surface area (Å²) < 4.78 is 12.8. The van der Waals surface area contributed by atoms with Gasteiger partial charge < -0.3 is 10.4 Å². The quantitative estimate of drug-likeness (QED) is 0.668. The summed E-state index contributed by atoms with van der Waals surface area (Å²) in [6.07, 6.45) is -1.68. The number of aryl methyl sites for hydroxylation is 1. The van der Waals surface area contributed by atoms with Crippen LogP contribution in [-0.4, -0.2) is 23.0 Å². The molecule has 0 radical (unpaired) electrons. The minimum Gasteiger partial charge on any atom is -0.367 e. The third-order valence-corrected chi connectivity index (χ3v) is 2.96. The van der Waals surface area contributed by atoms with Crippen LogP contribution in [0.3, 0.4) is 0 Å². The van der Waals surface area contributed by atoms with E-state index in [2.05, 4.69) is 5.32 Å². The second kappa shape index (κ2) is 6.28. The van der Waals surface area contributed by atoms with Crippen molar-refractivity contribution in [3.8, 4) is 0 Å². The van der Waals surface area contributed by atoms with Crippen LogP contribution in [0.5, 0.6) is 0 Å². The van der Waals surface area contributed by atoms with E-state index in [1.165, 1.54) is 12.1 Å². The van der Waals surface area contributed by atoms with Gasteiger partial charge >= 0.3 is 0 Å². The lowest BCUT2D eigenvalue weighted by Crippen LogP contribution is -2.40. The molecule has 0 fully saturated rings. The predicted octanol–water partition coefficient (Wildman–Crippen LogP) is 2.07. The summed E-state index contributed by atoms with van der Waals surface area (Å²) in [7, 11) is 0. The topological polar surface area (TPSA) is 66.4 Å². The van der Waals surface area contributed by atoms with E-state index in [1.807, 2.05) is 6.92 Å².